The second-order valence-electron chi connectivity index (χ2n) is 11.1. The topological polar surface area (TPSA) is 158 Å². The molecule has 0 aliphatic carbocycles. The molecular formula is C36H18Al2O12. The van der Waals surface area contributed by atoms with Gasteiger partial charge < -0.3 is 22.7 Å². The Morgan fingerprint density at radius 2 is 0.680 bits per heavy atom. The highest BCUT2D eigenvalue weighted by molar-refractivity contribution is 6.48. The Morgan fingerprint density at radius 3 is 1.00 bits per heavy atom. The minimum absolute atomic E-state index is 0.0743. The molecule has 0 unspecified atom stereocenters. The van der Waals surface area contributed by atoms with Gasteiger partial charge in [0.15, 0.2) is 0 Å². The highest BCUT2D eigenvalue weighted by atomic mass is 27.3. The molecule has 0 spiro atoms. The van der Waals surface area contributed by atoms with Crippen molar-refractivity contribution in [1.82, 2.24) is 0 Å². The van der Waals surface area contributed by atoms with Crippen LogP contribution in [0, 0.1) is 0 Å². The lowest BCUT2D eigenvalue weighted by Gasteiger charge is -2.20. The Morgan fingerprint density at radius 1 is 0.400 bits per heavy atom. The van der Waals surface area contributed by atoms with Crippen LogP contribution in [-0.2, 0) is 22.7 Å². The van der Waals surface area contributed by atoms with E-state index in [1.165, 1.54) is 48.5 Å². The highest BCUT2D eigenvalue weighted by Crippen LogP contribution is 2.30. The molecule has 2 aliphatic rings. The molecule has 240 valence electrons. The molecule has 0 amide bonds. The fourth-order valence-corrected chi connectivity index (χ4v) is 8.19. The molecule has 0 fully saturated rings. The van der Waals surface area contributed by atoms with Crippen molar-refractivity contribution in [1.29, 1.82) is 0 Å². The lowest BCUT2D eigenvalue weighted by molar-refractivity contribution is 0.0378. The van der Waals surface area contributed by atoms with Crippen LogP contribution in [0.4, 0.5) is 0 Å². The van der Waals surface area contributed by atoms with Crippen LogP contribution in [0.3, 0.4) is 0 Å². The zero-order valence-electron chi connectivity index (χ0n) is 25.4. The molecule has 50 heavy (non-hydrogen) atoms. The lowest BCUT2D eigenvalue weighted by Crippen LogP contribution is -2.37. The van der Waals surface area contributed by atoms with E-state index in [4.69, 9.17) is 22.7 Å². The summed E-state index contributed by atoms with van der Waals surface area (Å²) in [7, 11) is 0. The summed E-state index contributed by atoms with van der Waals surface area (Å²) in [5.74, 6) is -5.45. The molecule has 0 aromatic heterocycles. The Balaban J connectivity index is 1.08. The SMILES string of the molecule is O=C([O][Al]1[O]C(=O)c2cccc3cccc(c23)C(=O)[O]1)c1cccc2cccc(C(=O)[O][Al]3[O]C(=O)c4cccc5cccc(c45)C(=O)[O]3)c12. The van der Waals surface area contributed by atoms with Crippen LogP contribution in [-0.4, -0.2) is 66.1 Å². The first-order chi connectivity index (χ1) is 24.3. The van der Waals surface area contributed by atoms with Crippen LogP contribution < -0.4 is 0 Å². The summed E-state index contributed by atoms with van der Waals surface area (Å²) >= 11 is -7.61. The zero-order valence-corrected chi connectivity index (χ0v) is 27.8. The summed E-state index contributed by atoms with van der Waals surface area (Å²) in [6.45, 7) is 0. The van der Waals surface area contributed by atoms with Crippen molar-refractivity contribution >= 4 is 98.4 Å². The van der Waals surface area contributed by atoms with Gasteiger partial charge in [-0.25, -0.2) is 28.8 Å². The van der Waals surface area contributed by atoms with Gasteiger partial charge in [0.1, 0.15) is 0 Å². The first kappa shape index (κ1) is 31.3. The Bertz CT molecular complexity index is 2220. The average Bonchev–Trinajstić information content (AvgIpc) is 3.12. The normalized spacial score (nSPS) is 14.1. The smallest absolute Gasteiger partial charge is 0.547 e. The van der Waals surface area contributed by atoms with E-state index in [1.807, 2.05) is 0 Å². The van der Waals surface area contributed by atoms with Crippen LogP contribution in [0.15, 0.2) is 109 Å². The maximum Gasteiger partial charge on any atom is 1.20 e. The van der Waals surface area contributed by atoms with Crippen LogP contribution in [0.5, 0.6) is 0 Å². The van der Waals surface area contributed by atoms with E-state index >= 15 is 0 Å². The maximum atomic E-state index is 13.7. The fraction of sp³-hybridized carbons (Fsp3) is 0. The van der Waals surface area contributed by atoms with Gasteiger partial charge in [-0.2, -0.15) is 0 Å². The van der Waals surface area contributed by atoms with Crippen molar-refractivity contribution in [3.05, 3.63) is 143 Å². The molecule has 6 aromatic rings. The van der Waals surface area contributed by atoms with E-state index in [2.05, 4.69) is 0 Å². The van der Waals surface area contributed by atoms with Crippen molar-refractivity contribution < 1.29 is 51.5 Å². The van der Waals surface area contributed by atoms with Crippen molar-refractivity contribution in [2.24, 2.45) is 0 Å². The summed E-state index contributed by atoms with van der Waals surface area (Å²) in [5.41, 5.74) is 0.148. The van der Waals surface area contributed by atoms with Gasteiger partial charge in [-0.1, -0.05) is 72.8 Å². The molecule has 0 saturated heterocycles. The maximum absolute atomic E-state index is 13.7. The molecule has 0 bridgehead atoms. The molecule has 12 nitrogen and oxygen atoms in total. The zero-order chi connectivity index (χ0) is 34.5. The second kappa shape index (κ2) is 12.5. The van der Waals surface area contributed by atoms with E-state index < -0.39 is 66.1 Å². The molecule has 0 saturated carbocycles. The third kappa shape index (κ3) is 5.43. The molecule has 8 rings (SSSR count). The number of rotatable bonds is 4. The van der Waals surface area contributed by atoms with Crippen molar-refractivity contribution in [3.8, 4) is 0 Å². The van der Waals surface area contributed by atoms with E-state index in [-0.39, 0.29) is 38.8 Å². The lowest BCUT2D eigenvalue weighted by atomic mass is 9.99. The molecule has 14 heteroatoms. The monoisotopic (exact) mass is 696 g/mol. The van der Waals surface area contributed by atoms with Gasteiger partial charge in [-0.15, -0.1) is 0 Å². The molecule has 0 atom stereocenters. The van der Waals surface area contributed by atoms with Gasteiger partial charge in [0.2, 0.25) is 0 Å². The molecule has 6 aromatic carbocycles. The first-order valence-electron chi connectivity index (χ1n) is 15.1. The van der Waals surface area contributed by atoms with E-state index in [0.717, 1.165) is 0 Å². The molecule has 2 heterocycles. The number of carbonyl (C=O) groups excluding carboxylic acids is 6. The number of hydrogen-bond acceptors (Lipinski definition) is 12. The highest BCUT2D eigenvalue weighted by Gasteiger charge is 2.52. The van der Waals surface area contributed by atoms with Gasteiger partial charge in [-0.3, -0.25) is 0 Å². The number of benzene rings is 6. The van der Waals surface area contributed by atoms with Gasteiger partial charge >= 0.3 is 66.1 Å². The largest absolute Gasteiger partial charge is 1.20 e. The summed E-state index contributed by atoms with van der Waals surface area (Å²) in [5, 5.41) is 2.44. The Labute approximate surface area is 291 Å². The second-order valence-corrected chi connectivity index (χ2v) is 13.7. The summed E-state index contributed by atoms with van der Waals surface area (Å²) in [6.07, 6.45) is 0. The number of carbonyl (C=O) groups is 6. The Hall–Kier alpha value is -6.02. The minimum atomic E-state index is -3.80. The van der Waals surface area contributed by atoms with Crippen LogP contribution in [0.1, 0.15) is 62.1 Å². The minimum Gasteiger partial charge on any atom is -0.547 e. The molecule has 2 aliphatic heterocycles. The van der Waals surface area contributed by atoms with Crippen LogP contribution >= 0.6 is 0 Å². The van der Waals surface area contributed by atoms with Crippen molar-refractivity contribution in [2.45, 2.75) is 0 Å². The molecule has 0 radical (unpaired) electrons. The molecular weight excluding hydrogens is 678 g/mol. The van der Waals surface area contributed by atoms with Gasteiger partial charge in [-0.05, 0) is 52.6 Å². The van der Waals surface area contributed by atoms with Gasteiger partial charge in [0.05, 0.1) is 33.4 Å². The number of fused-ring (bicyclic) bond motifs is 1. The average molecular weight is 696 g/mol. The van der Waals surface area contributed by atoms with Crippen molar-refractivity contribution in [3.63, 3.8) is 0 Å². The number of hydrogen-bond donors (Lipinski definition) is 0. The quantitative estimate of drug-likeness (QED) is 0.214. The predicted octanol–water partition coefficient (Wildman–Crippen LogP) is 5.48. The van der Waals surface area contributed by atoms with E-state index in [1.54, 1.807) is 60.7 Å². The Kier molecular flexibility index (Phi) is 7.79. The summed E-state index contributed by atoms with van der Waals surface area (Å²) in [6, 6.07) is 28.5. The predicted molar refractivity (Wildman–Crippen MR) is 176 cm³/mol. The summed E-state index contributed by atoms with van der Waals surface area (Å²) in [4.78, 5) is 79.9. The van der Waals surface area contributed by atoms with Gasteiger partial charge in [0, 0.05) is 16.2 Å². The van der Waals surface area contributed by atoms with E-state index in [0.29, 0.717) is 26.9 Å². The van der Waals surface area contributed by atoms with Gasteiger partial charge in [0.25, 0.3) is 0 Å². The third-order valence-corrected chi connectivity index (χ3v) is 10.7. The fourth-order valence-electron chi connectivity index (χ4n) is 6.09. The standard InChI is InChI=1S/3C12H8O4.2Al/c3*13-11(14)8-5-1-3-7-4-2-6-9(10(7)8)12(15)16;;/h3*1-6H,(H,13,14)(H,15,16);;/q;;;2*+3/p-6. The summed E-state index contributed by atoms with van der Waals surface area (Å²) < 4.78 is 32.7. The molecule has 0 N–H and O–H groups in total. The van der Waals surface area contributed by atoms with Crippen LogP contribution in [0.2, 0.25) is 0 Å². The van der Waals surface area contributed by atoms with Crippen LogP contribution in [0.25, 0.3) is 32.3 Å². The van der Waals surface area contributed by atoms with Crippen molar-refractivity contribution in [2.75, 3.05) is 0 Å². The van der Waals surface area contributed by atoms with E-state index in [9.17, 15) is 28.8 Å². The first-order valence-corrected chi connectivity index (χ1v) is 17.9. The third-order valence-electron chi connectivity index (χ3n) is 8.25.